The van der Waals surface area contributed by atoms with Crippen molar-refractivity contribution in [3.05, 3.63) is 24.6 Å². The molecule has 18 heavy (non-hydrogen) atoms. The second-order valence-corrected chi connectivity index (χ2v) is 3.32. The van der Waals surface area contributed by atoms with Crippen LogP contribution in [0.4, 0.5) is 6.01 Å². The third kappa shape index (κ3) is 3.62. The summed E-state index contributed by atoms with van der Waals surface area (Å²) >= 11 is 0. The van der Waals surface area contributed by atoms with Gasteiger partial charge in [0.1, 0.15) is 12.3 Å². The molecule has 2 N–H and O–H groups in total. The molecule has 0 spiro atoms. The molecule has 0 amide bonds. The first-order valence-electron chi connectivity index (χ1n) is 5.31. The number of carboxylic acid groups (broad SMARTS) is 1. The van der Waals surface area contributed by atoms with Crippen LogP contribution in [0, 0.1) is 0 Å². The molecule has 0 bridgehead atoms. The zero-order valence-corrected chi connectivity index (χ0v) is 9.88. The van der Waals surface area contributed by atoms with Gasteiger partial charge in [-0.25, -0.2) is 9.59 Å². The van der Waals surface area contributed by atoms with E-state index in [2.05, 4.69) is 16.9 Å². The van der Waals surface area contributed by atoms with Crippen molar-refractivity contribution in [1.29, 1.82) is 0 Å². The quantitative estimate of drug-likeness (QED) is 0.558. The number of nitrogens with zero attached hydrogens (tertiary/aromatic N) is 1. The van der Waals surface area contributed by atoms with Gasteiger partial charge in [0.05, 0.1) is 6.61 Å². The van der Waals surface area contributed by atoms with Gasteiger partial charge in [0.15, 0.2) is 5.69 Å². The van der Waals surface area contributed by atoms with Crippen LogP contribution in [0.15, 0.2) is 23.3 Å². The van der Waals surface area contributed by atoms with Crippen molar-refractivity contribution < 1.29 is 23.8 Å². The van der Waals surface area contributed by atoms with E-state index in [9.17, 15) is 9.59 Å². The van der Waals surface area contributed by atoms with Crippen LogP contribution in [0.5, 0.6) is 0 Å². The third-order valence-corrected chi connectivity index (χ3v) is 1.99. The zero-order chi connectivity index (χ0) is 13.5. The van der Waals surface area contributed by atoms with Crippen LogP contribution < -0.4 is 5.32 Å². The van der Waals surface area contributed by atoms with E-state index in [1.165, 1.54) is 6.08 Å². The molecule has 1 unspecified atom stereocenters. The summed E-state index contributed by atoms with van der Waals surface area (Å²) in [4.78, 5) is 25.9. The topological polar surface area (TPSA) is 102 Å². The largest absolute Gasteiger partial charge is 0.480 e. The van der Waals surface area contributed by atoms with E-state index in [4.69, 9.17) is 14.3 Å². The summed E-state index contributed by atoms with van der Waals surface area (Å²) in [5, 5.41) is 11.4. The number of hydrogen-bond acceptors (Lipinski definition) is 6. The van der Waals surface area contributed by atoms with Crippen molar-refractivity contribution in [2.75, 3.05) is 11.9 Å². The van der Waals surface area contributed by atoms with Crippen LogP contribution in [0.1, 0.15) is 23.8 Å². The SMILES string of the molecule is C=CCC(Nc1nc(C(=O)OCC)co1)C(=O)O. The Morgan fingerprint density at radius 2 is 2.44 bits per heavy atom. The lowest BCUT2D eigenvalue weighted by Crippen LogP contribution is -2.28. The van der Waals surface area contributed by atoms with E-state index in [-0.39, 0.29) is 24.7 Å². The number of anilines is 1. The molecule has 7 nitrogen and oxygen atoms in total. The van der Waals surface area contributed by atoms with Crippen molar-refractivity contribution >= 4 is 18.0 Å². The number of hydrogen-bond donors (Lipinski definition) is 2. The average Bonchev–Trinajstić information content (AvgIpc) is 2.77. The first kappa shape index (κ1) is 13.8. The number of carbonyl (C=O) groups excluding carboxylic acids is 1. The molecule has 1 aromatic heterocycles. The van der Waals surface area contributed by atoms with Gasteiger partial charge < -0.3 is 19.6 Å². The number of carbonyl (C=O) groups is 2. The number of oxazole rings is 1. The minimum atomic E-state index is -1.06. The highest BCUT2D eigenvalue weighted by molar-refractivity contribution is 5.87. The van der Waals surface area contributed by atoms with Gasteiger partial charge >= 0.3 is 11.9 Å². The number of ether oxygens (including phenoxy) is 1. The molecule has 0 fully saturated rings. The van der Waals surface area contributed by atoms with Gasteiger partial charge in [-0.15, -0.1) is 6.58 Å². The molecule has 98 valence electrons. The number of aromatic nitrogens is 1. The minimum Gasteiger partial charge on any atom is -0.480 e. The molecule has 0 radical (unpaired) electrons. The first-order chi connectivity index (χ1) is 8.58. The molecule has 0 saturated carbocycles. The summed E-state index contributed by atoms with van der Waals surface area (Å²) in [6.45, 7) is 5.35. The van der Waals surface area contributed by atoms with Gasteiger partial charge in [0.25, 0.3) is 6.01 Å². The zero-order valence-electron chi connectivity index (χ0n) is 9.88. The summed E-state index contributed by atoms with van der Waals surface area (Å²) in [7, 11) is 0. The van der Waals surface area contributed by atoms with Crippen molar-refractivity contribution in [3.63, 3.8) is 0 Å². The second-order valence-electron chi connectivity index (χ2n) is 3.32. The molecular weight excluding hydrogens is 240 g/mol. The van der Waals surface area contributed by atoms with Gasteiger partial charge in [-0.2, -0.15) is 4.98 Å². The van der Waals surface area contributed by atoms with Crippen LogP contribution in [-0.2, 0) is 9.53 Å². The second kappa shape index (κ2) is 6.43. The van der Waals surface area contributed by atoms with Crippen LogP contribution in [-0.4, -0.2) is 34.7 Å². The standard InChI is InChI=1S/C11H14N2O5/c1-3-5-7(9(14)15)12-11-13-8(6-18-11)10(16)17-4-2/h3,6-7H,1,4-5H2,2H3,(H,12,13)(H,14,15). The van der Waals surface area contributed by atoms with Crippen LogP contribution in [0.2, 0.25) is 0 Å². The van der Waals surface area contributed by atoms with Crippen LogP contribution >= 0.6 is 0 Å². The Morgan fingerprint density at radius 1 is 1.72 bits per heavy atom. The third-order valence-electron chi connectivity index (χ3n) is 1.99. The fourth-order valence-corrected chi connectivity index (χ4v) is 1.18. The van der Waals surface area contributed by atoms with Gasteiger partial charge in [-0.3, -0.25) is 0 Å². The normalized spacial score (nSPS) is 11.6. The minimum absolute atomic E-state index is 0.0120. The maximum absolute atomic E-state index is 11.3. The van der Waals surface area contributed by atoms with Crippen molar-refractivity contribution in [3.8, 4) is 0 Å². The van der Waals surface area contributed by atoms with E-state index < -0.39 is 18.0 Å². The molecule has 0 aromatic carbocycles. The predicted octanol–water partition coefficient (Wildman–Crippen LogP) is 1.29. The fourth-order valence-electron chi connectivity index (χ4n) is 1.18. The van der Waals surface area contributed by atoms with Gasteiger partial charge in [0.2, 0.25) is 0 Å². The maximum Gasteiger partial charge on any atom is 0.360 e. The van der Waals surface area contributed by atoms with E-state index in [0.29, 0.717) is 0 Å². The Bertz CT molecular complexity index is 440. The fraction of sp³-hybridized carbons (Fsp3) is 0.364. The molecule has 1 heterocycles. The lowest BCUT2D eigenvalue weighted by molar-refractivity contribution is -0.137. The Morgan fingerprint density at radius 3 is 3.00 bits per heavy atom. The van der Waals surface area contributed by atoms with Crippen LogP contribution in [0.3, 0.4) is 0 Å². The molecule has 0 aliphatic carbocycles. The average molecular weight is 254 g/mol. The molecule has 0 aliphatic heterocycles. The monoisotopic (exact) mass is 254 g/mol. The molecule has 1 atom stereocenters. The van der Waals surface area contributed by atoms with E-state index in [1.54, 1.807) is 6.92 Å². The highest BCUT2D eigenvalue weighted by Gasteiger charge is 2.19. The summed E-state index contributed by atoms with van der Waals surface area (Å²) in [6.07, 6.45) is 2.76. The molecule has 0 aliphatic rings. The molecule has 0 saturated heterocycles. The summed E-state index contributed by atoms with van der Waals surface area (Å²) < 4.78 is 9.66. The highest BCUT2D eigenvalue weighted by atomic mass is 16.5. The smallest absolute Gasteiger partial charge is 0.360 e. The van der Waals surface area contributed by atoms with Gasteiger partial charge in [0, 0.05) is 0 Å². The summed E-state index contributed by atoms with van der Waals surface area (Å²) in [5.74, 6) is -1.68. The van der Waals surface area contributed by atoms with Crippen molar-refractivity contribution in [2.24, 2.45) is 0 Å². The van der Waals surface area contributed by atoms with Crippen molar-refractivity contribution in [2.45, 2.75) is 19.4 Å². The van der Waals surface area contributed by atoms with E-state index >= 15 is 0 Å². The Hall–Kier alpha value is -2.31. The van der Waals surface area contributed by atoms with Gasteiger partial charge in [-0.05, 0) is 13.3 Å². The lowest BCUT2D eigenvalue weighted by Gasteiger charge is -2.09. The molecule has 7 heteroatoms. The van der Waals surface area contributed by atoms with E-state index in [1.807, 2.05) is 0 Å². The molecular formula is C11H14N2O5. The van der Waals surface area contributed by atoms with Crippen LogP contribution in [0.25, 0.3) is 0 Å². The summed E-state index contributed by atoms with van der Waals surface area (Å²) in [6, 6.07) is -0.955. The number of nitrogens with one attached hydrogen (secondary N) is 1. The Kier molecular flexibility index (Phi) is 4.91. The first-order valence-corrected chi connectivity index (χ1v) is 5.31. The number of aliphatic carboxylic acids is 1. The molecule has 1 aromatic rings. The highest BCUT2D eigenvalue weighted by Crippen LogP contribution is 2.11. The number of rotatable bonds is 7. The molecule has 1 rings (SSSR count). The van der Waals surface area contributed by atoms with Gasteiger partial charge in [-0.1, -0.05) is 6.08 Å². The predicted molar refractivity (Wildman–Crippen MR) is 62.3 cm³/mol. The maximum atomic E-state index is 11.3. The Balaban J connectivity index is 2.70. The van der Waals surface area contributed by atoms with E-state index in [0.717, 1.165) is 6.26 Å². The lowest BCUT2D eigenvalue weighted by atomic mass is 10.2. The number of esters is 1. The summed E-state index contributed by atoms with van der Waals surface area (Å²) in [5.41, 5.74) is -0.0120. The number of carboxylic acids is 1. The van der Waals surface area contributed by atoms with Crippen molar-refractivity contribution in [1.82, 2.24) is 4.98 Å². The Labute approximate surface area is 103 Å².